The second-order valence-electron chi connectivity index (χ2n) is 7.87. The summed E-state index contributed by atoms with van der Waals surface area (Å²) in [5.74, 6) is 0.961. The summed E-state index contributed by atoms with van der Waals surface area (Å²) in [6.07, 6.45) is 4.45. The number of rotatable bonds is 8. The van der Waals surface area contributed by atoms with Crippen LogP contribution in [0.3, 0.4) is 0 Å². The number of aryl methyl sites for hydroxylation is 1. The summed E-state index contributed by atoms with van der Waals surface area (Å²) < 4.78 is 7.22. The molecule has 0 saturated carbocycles. The molecule has 0 aliphatic carbocycles. The standard InChI is InChI=1S/C24H36N6O/c1-20-23(21(2)30(27-20)17-18-31-4)19-26-24(25-3)29-15-13-28(14-16-29)12-8-11-22-9-6-5-7-10-22/h5-11H,12-19H2,1-4H3,(H,25,26)/b11-8+. The highest BCUT2D eigenvalue weighted by atomic mass is 16.5. The lowest BCUT2D eigenvalue weighted by Crippen LogP contribution is -2.52. The molecule has 0 amide bonds. The number of ether oxygens (including phenoxy) is 1. The van der Waals surface area contributed by atoms with E-state index in [9.17, 15) is 0 Å². The van der Waals surface area contributed by atoms with E-state index in [2.05, 4.69) is 75.5 Å². The molecule has 2 aromatic rings. The molecule has 0 spiro atoms. The van der Waals surface area contributed by atoms with E-state index in [-0.39, 0.29) is 0 Å². The van der Waals surface area contributed by atoms with Gasteiger partial charge in [-0.2, -0.15) is 5.10 Å². The third-order valence-corrected chi connectivity index (χ3v) is 5.82. The molecule has 7 heteroatoms. The number of benzene rings is 1. The van der Waals surface area contributed by atoms with Crippen LogP contribution in [0.2, 0.25) is 0 Å². The van der Waals surface area contributed by atoms with E-state index in [1.54, 1.807) is 7.11 Å². The summed E-state index contributed by atoms with van der Waals surface area (Å²) in [4.78, 5) is 9.35. The van der Waals surface area contributed by atoms with Crippen LogP contribution in [-0.4, -0.2) is 79.0 Å². The number of aliphatic imine (C=N–C) groups is 1. The van der Waals surface area contributed by atoms with E-state index < -0.39 is 0 Å². The monoisotopic (exact) mass is 424 g/mol. The first kappa shape index (κ1) is 23.0. The number of piperazine rings is 1. The number of aromatic nitrogens is 2. The minimum Gasteiger partial charge on any atom is -0.383 e. The number of hydrogen-bond donors (Lipinski definition) is 1. The van der Waals surface area contributed by atoms with Gasteiger partial charge < -0.3 is 15.0 Å². The average molecular weight is 425 g/mol. The lowest BCUT2D eigenvalue weighted by molar-refractivity contribution is 0.182. The Morgan fingerprint density at radius 1 is 1.16 bits per heavy atom. The van der Waals surface area contributed by atoms with E-state index in [0.717, 1.165) is 57.5 Å². The van der Waals surface area contributed by atoms with Gasteiger partial charge in [-0.05, 0) is 19.4 Å². The smallest absolute Gasteiger partial charge is 0.194 e. The second-order valence-corrected chi connectivity index (χ2v) is 7.87. The highest BCUT2D eigenvalue weighted by molar-refractivity contribution is 5.80. The average Bonchev–Trinajstić information content (AvgIpc) is 3.07. The van der Waals surface area contributed by atoms with Gasteiger partial charge in [-0.25, -0.2) is 0 Å². The lowest BCUT2D eigenvalue weighted by Gasteiger charge is -2.36. The van der Waals surface area contributed by atoms with Gasteiger partial charge in [-0.1, -0.05) is 42.5 Å². The fourth-order valence-electron chi connectivity index (χ4n) is 3.93. The van der Waals surface area contributed by atoms with Crippen LogP contribution in [0.15, 0.2) is 41.4 Å². The maximum absolute atomic E-state index is 5.19. The van der Waals surface area contributed by atoms with Crippen molar-refractivity contribution in [2.45, 2.75) is 26.9 Å². The molecule has 1 aromatic carbocycles. The normalized spacial score (nSPS) is 15.7. The molecular weight excluding hydrogens is 388 g/mol. The van der Waals surface area contributed by atoms with Gasteiger partial charge in [0.15, 0.2) is 5.96 Å². The van der Waals surface area contributed by atoms with E-state index >= 15 is 0 Å². The van der Waals surface area contributed by atoms with Crippen molar-refractivity contribution in [2.75, 3.05) is 53.5 Å². The summed E-state index contributed by atoms with van der Waals surface area (Å²) in [6, 6.07) is 10.5. The van der Waals surface area contributed by atoms with Gasteiger partial charge in [-0.3, -0.25) is 14.6 Å². The summed E-state index contributed by atoms with van der Waals surface area (Å²) in [7, 11) is 3.58. The summed E-state index contributed by atoms with van der Waals surface area (Å²) in [6.45, 7) is 11.4. The van der Waals surface area contributed by atoms with E-state index in [4.69, 9.17) is 4.74 Å². The van der Waals surface area contributed by atoms with Crippen molar-refractivity contribution in [3.8, 4) is 0 Å². The number of hydrogen-bond acceptors (Lipinski definition) is 4. The molecule has 0 unspecified atom stereocenters. The zero-order valence-electron chi connectivity index (χ0n) is 19.3. The Kier molecular flexibility index (Phi) is 8.67. The number of methoxy groups -OCH3 is 1. The molecule has 1 fully saturated rings. The van der Waals surface area contributed by atoms with E-state index in [0.29, 0.717) is 6.61 Å². The van der Waals surface area contributed by atoms with Gasteiger partial charge >= 0.3 is 0 Å². The fourth-order valence-corrected chi connectivity index (χ4v) is 3.93. The van der Waals surface area contributed by atoms with Crippen molar-refractivity contribution in [2.24, 2.45) is 4.99 Å². The Labute approximate surface area is 186 Å². The first-order valence-corrected chi connectivity index (χ1v) is 11.0. The predicted octanol–water partition coefficient (Wildman–Crippen LogP) is 2.55. The molecule has 1 aliphatic rings. The predicted molar refractivity (Wildman–Crippen MR) is 127 cm³/mol. The molecule has 31 heavy (non-hydrogen) atoms. The molecule has 1 N–H and O–H groups in total. The largest absolute Gasteiger partial charge is 0.383 e. The summed E-state index contributed by atoms with van der Waals surface area (Å²) >= 11 is 0. The van der Waals surface area contributed by atoms with Crippen LogP contribution in [0, 0.1) is 13.8 Å². The zero-order valence-corrected chi connectivity index (χ0v) is 19.3. The first-order valence-electron chi connectivity index (χ1n) is 11.0. The molecule has 0 atom stereocenters. The van der Waals surface area contributed by atoms with Crippen LogP contribution in [0.1, 0.15) is 22.5 Å². The van der Waals surface area contributed by atoms with Gasteiger partial charge in [0, 0.05) is 64.7 Å². The molecule has 1 aliphatic heterocycles. The Morgan fingerprint density at radius 2 is 1.90 bits per heavy atom. The first-order chi connectivity index (χ1) is 15.1. The van der Waals surface area contributed by atoms with Crippen LogP contribution in [0.4, 0.5) is 0 Å². The highest BCUT2D eigenvalue weighted by Crippen LogP contribution is 2.13. The van der Waals surface area contributed by atoms with Crippen molar-refractivity contribution >= 4 is 12.0 Å². The lowest BCUT2D eigenvalue weighted by atomic mass is 10.2. The summed E-state index contributed by atoms with van der Waals surface area (Å²) in [5, 5.41) is 8.20. The van der Waals surface area contributed by atoms with Crippen molar-refractivity contribution in [1.29, 1.82) is 0 Å². The SMILES string of the molecule is CN=C(NCc1c(C)nn(CCOC)c1C)N1CCN(C/C=C/c2ccccc2)CC1. The van der Waals surface area contributed by atoms with Crippen molar-refractivity contribution in [3.63, 3.8) is 0 Å². The minimum absolute atomic E-state index is 0.668. The third kappa shape index (κ3) is 6.42. The van der Waals surface area contributed by atoms with Crippen LogP contribution >= 0.6 is 0 Å². The van der Waals surface area contributed by atoms with Crippen molar-refractivity contribution in [3.05, 3.63) is 58.9 Å². The molecule has 168 valence electrons. The molecule has 1 saturated heterocycles. The van der Waals surface area contributed by atoms with Gasteiger partial charge in [-0.15, -0.1) is 0 Å². The fraction of sp³-hybridized carbons (Fsp3) is 0.500. The second kappa shape index (κ2) is 11.7. The molecule has 2 heterocycles. The number of nitrogens with one attached hydrogen (secondary N) is 1. The molecular formula is C24H36N6O. The quantitative estimate of drug-likeness (QED) is 0.521. The Bertz CT molecular complexity index is 866. The van der Waals surface area contributed by atoms with Crippen LogP contribution in [-0.2, 0) is 17.8 Å². The van der Waals surface area contributed by atoms with Crippen molar-refractivity contribution < 1.29 is 4.74 Å². The van der Waals surface area contributed by atoms with Crippen molar-refractivity contribution in [1.82, 2.24) is 24.9 Å². The molecule has 3 rings (SSSR count). The van der Waals surface area contributed by atoms with Gasteiger partial charge in [0.1, 0.15) is 0 Å². The highest BCUT2D eigenvalue weighted by Gasteiger charge is 2.19. The van der Waals surface area contributed by atoms with Gasteiger partial charge in [0.05, 0.1) is 18.8 Å². The van der Waals surface area contributed by atoms with E-state index in [1.165, 1.54) is 16.8 Å². The molecule has 7 nitrogen and oxygen atoms in total. The molecule has 0 bridgehead atoms. The number of nitrogens with zero attached hydrogens (tertiary/aromatic N) is 5. The Hall–Kier alpha value is -2.64. The maximum atomic E-state index is 5.19. The minimum atomic E-state index is 0.668. The Balaban J connectivity index is 1.47. The molecule has 0 radical (unpaired) electrons. The molecule has 1 aromatic heterocycles. The topological polar surface area (TPSA) is 57.9 Å². The van der Waals surface area contributed by atoms with Gasteiger partial charge in [0.2, 0.25) is 0 Å². The Morgan fingerprint density at radius 3 is 2.58 bits per heavy atom. The summed E-state index contributed by atoms with van der Waals surface area (Å²) in [5.41, 5.74) is 4.74. The number of guanidine groups is 1. The third-order valence-electron chi connectivity index (χ3n) is 5.82. The maximum Gasteiger partial charge on any atom is 0.194 e. The van der Waals surface area contributed by atoms with Crippen LogP contribution in [0.25, 0.3) is 6.08 Å². The van der Waals surface area contributed by atoms with E-state index in [1.807, 2.05) is 17.8 Å². The van der Waals surface area contributed by atoms with Crippen LogP contribution in [0.5, 0.6) is 0 Å². The van der Waals surface area contributed by atoms with Gasteiger partial charge in [0.25, 0.3) is 0 Å². The van der Waals surface area contributed by atoms with Crippen LogP contribution < -0.4 is 5.32 Å². The zero-order chi connectivity index (χ0) is 22.1.